The van der Waals surface area contributed by atoms with Crippen molar-refractivity contribution in [1.29, 1.82) is 0 Å². The van der Waals surface area contributed by atoms with E-state index < -0.39 is 0 Å². The first-order valence-corrected chi connectivity index (χ1v) is 10.1. The van der Waals surface area contributed by atoms with E-state index in [-0.39, 0.29) is 5.91 Å². The van der Waals surface area contributed by atoms with Crippen LogP contribution < -0.4 is 14.8 Å². The maximum atomic E-state index is 12.5. The minimum atomic E-state index is -0.0109. The van der Waals surface area contributed by atoms with Crippen molar-refractivity contribution in [2.45, 2.75) is 19.8 Å². The summed E-state index contributed by atoms with van der Waals surface area (Å²) in [5.41, 5.74) is 5.44. The fraction of sp³-hybridized carbons (Fsp3) is 0.200. The molecule has 4 rings (SSSR count). The van der Waals surface area contributed by atoms with Crippen LogP contribution in [-0.2, 0) is 11.2 Å². The van der Waals surface area contributed by atoms with Gasteiger partial charge in [-0.3, -0.25) is 4.79 Å². The van der Waals surface area contributed by atoms with Crippen molar-refractivity contribution < 1.29 is 14.3 Å². The molecule has 158 valence electrons. The quantitative estimate of drug-likeness (QED) is 0.439. The van der Waals surface area contributed by atoms with Gasteiger partial charge in [0.1, 0.15) is 5.82 Å². The van der Waals surface area contributed by atoms with Crippen molar-refractivity contribution >= 4 is 22.6 Å². The predicted molar refractivity (Wildman–Crippen MR) is 123 cm³/mol. The van der Waals surface area contributed by atoms with Crippen LogP contribution in [0.25, 0.3) is 22.4 Å². The van der Waals surface area contributed by atoms with Gasteiger partial charge in [0.25, 0.3) is 0 Å². The second kappa shape index (κ2) is 8.92. The number of nitrogens with zero attached hydrogens (tertiary/aromatic N) is 1. The Morgan fingerprint density at radius 3 is 2.48 bits per heavy atom. The summed E-state index contributed by atoms with van der Waals surface area (Å²) in [7, 11) is 3.21. The van der Waals surface area contributed by atoms with Gasteiger partial charge >= 0.3 is 0 Å². The van der Waals surface area contributed by atoms with Crippen LogP contribution in [0.5, 0.6) is 11.5 Å². The Morgan fingerprint density at radius 2 is 1.74 bits per heavy atom. The predicted octanol–water partition coefficient (Wildman–Crippen LogP) is 5.13. The first-order valence-electron chi connectivity index (χ1n) is 10.1. The normalized spacial score (nSPS) is 10.8. The maximum absolute atomic E-state index is 12.5. The number of benzene rings is 3. The summed E-state index contributed by atoms with van der Waals surface area (Å²) in [6, 6.07) is 19.6. The average Bonchev–Trinajstić information content (AvgIpc) is 3.21. The number of H-pyrrole nitrogens is 1. The number of carbonyl (C=O) groups excluding carboxylic acids is 1. The molecule has 0 fully saturated rings. The molecule has 1 heterocycles. The number of aromatic nitrogens is 2. The number of carbonyl (C=O) groups is 1. The Kier molecular flexibility index (Phi) is 5.89. The van der Waals surface area contributed by atoms with Gasteiger partial charge < -0.3 is 19.8 Å². The highest BCUT2D eigenvalue weighted by Gasteiger charge is 2.13. The number of fused-ring (bicyclic) bond motifs is 1. The monoisotopic (exact) mass is 415 g/mol. The minimum Gasteiger partial charge on any atom is -0.493 e. The molecule has 2 N–H and O–H groups in total. The highest BCUT2D eigenvalue weighted by molar-refractivity contribution is 5.92. The number of amides is 1. The van der Waals surface area contributed by atoms with E-state index in [0.29, 0.717) is 30.2 Å². The second-order valence-electron chi connectivity index (χ2n) is 7.37. The van der Waals surface area contributed by atoms with Crippen molar-refractivity contribution in [3.63, 3.8) is 0 Å². The molecule has 6 heteroatoms. The molecule has 0 aliphatic rings. The van der Waals surface area contributed by atoms with Crippen LogP contribution in [0.1, 0.15) is 17.5 Å². The van der Waals surface area contributed by atoms with Crippen molar-refractivity contribution in [2.24, 2.45) is 0 Å². The SMILES string of the molecule is COc1cc2nc(-c3ccc(C)c(NC(=O)CCc4ccccc4)c3)[nH]c2cc1OC. The smallest absolute Gasteiger partial charge is 0.224 e. The molecule has 0 aliphatic carbocycles. The third-order valence-electron chi connectivity index (χ3n) is 5.26. The third kappa shape index (κ3) is 4.53. The fourth-order valence-electron chi connectivity index (χ4n) is 3.49. The lowest BCUT2D eigenvalue weighted by Crippen LogP contribution is -2.13. The zero-order valence-corrected chi connectivity index (χ0v) is 17.9. The molecule has 0 saturated carbocycles. The number of ether oxygens (including phenoxy) is 2. The van der Waals surface area contributed by atoms with Crippen LogP contribution in [0, 0.1) is 6.92 Å². The Labute approximate surface area is 181 Å². The molecule has 0 aliphatic heterocycles. The number of aryl methyl sites for hydroxylation is 2. The molecule has 1 aromatic heterocycles. The highest BCUT2D eigenvalue weighted by Crippen LogP contribution is 2.33. The van der Waals surface area contributed by atoms with E-state index in [1.54, 1.807) is 14.2 Å². The van der Waals surface area contributed by atoms with Gasteiger partial charge in [-0.1, -0.05) is 42.5 Å². The van der Waals surface area contributed by atoms with Crippen LogP contribution in [-0.4, -0.2) is 30.1 Å². The van der Waals surface area contributed by atoms with Gasteiger partial charge in [-0.15, -0.1) is 0 Å². The Morgan fingerprint density at radius 1 is 1.00 bits per heavy atom. The van der Waals surface area contributed by atoms with Crippen molar-refractivity contribution in [3.8, 4) is 22.9 Å². The van der Waals surface area contributed by atoms with Crippen LogP contribution in [0.15, 0.2) is 60.7 Å². The molecule has 3 aromatic carbocycles. The minimum absolute atomic E-state index is 0.0109. The number of aromatic amines is 1. The van der Waals surface area contributed by atoms with Crippen LogP contribution in [0.2, 0.25) is 0 Å². The standard InChI is InChI=1S/C25H25N3O3/c1-16-9-11-18(13-19(16)26-24(29)12-10-17-7-5-4-6-8-17)25-27-20-14-22(30-2)23(31-3)15-21(20)28-25/h4-9,11,13-15H,10,12H2,1-3H3,(H,26,29)(H,27,28). The molecule has 0 spiro atoms. The number of nitrogens with one attached hydrogen (secondary N) is 2. The van der Waals surface area contributed by atoms with E-state index >= 15 is 0 Å². The maximum Gasteiger partial charge on any atom is 0.224 e. The third-order valence-corrected chi connectivity index (χ3v) is 5.26. The van der Waals surface area contributed by atoms with Crippen molar-refractivity contribution in [1.82, 2.24) is 9.97 Å². The average molecular weight is 415 g/mol. The van der Waals surface area contributed by atoms with Gasteiger partial charge in [0.15, 0.2) is 11.5 Å². The van der Waals surface area contributed by atoms with Gasteiger partial charge in [-0.25, -0.2) is 4.98 Å². The molecule has 0 saturated heterocycles. The highest BCUT2D eigenvalue weighted by atomic mass is 16.5. The van der Waals surface area contributed by atoms with E-state index in [0.717, 1.165) is 33.4 Å². The van der Waals surface area contributed by atoms with Crippen molar-refractivity contribution in [2.75, 3.05) is 19.5 Å². The first kappa shape index (κ1) is 20.5. The van der Waals surface area contributed by atoms with Gasteiger partial charge in [0, 0.05) is 29.8 Å². The topological polar surface area (TPSA) is 76.2 Å². The Hall–Kier alpha value is -3.80. The number of hydrogen-bond donors (Lipinski definition) is 2. The number of methoxy groups -OCH3 is 2. The molecular formula is C25H25N3O3. The van der Waals surface area contributed by atoms with Gasteiger partial charge in [-0.2, -0.15) is 0 Å². The number of rotatable bonds is 7. The van der Waals surface area contributed by atoms with E-state index in [4.69, 9.17) is 9.47 Å². The van der Waals surface area contributed by atoms with E-state index in [9.17, 15) is 4.79 Å². The molecule has 31 heavy (non-hydrogen) atoms. The van der Waals surface area contributed by atoms with Crippen LogP contribution in [0.4, 0.5) is 5.69 Å². The summed E-state index contributed by atoms with van der Waals surface area (Å²) in [5.74, 6) is 1.97. The summed E-state index contributed by atoms with van der Waals surface area (Å²) < 4.78 is 10.7. The second-order valence-corrected chi connectivity index (χ2v) is 7.37. The summed E-state index contributed by atoms with van der Waals surface area (Å²) in [5, 5.41) is 3.04. The zero-order valence-electron chi connectivity index (χ0n) is 17.9. The molecular weight excluding hydrogens is 390 g/mol. The number of anilines is 1. The summed E-state index contributed by atoms with van der Waals surface area (Å²) >= 11 is 0. The van der Waals surface area contributed by atoms with Crippen LogP contribution in [0.3, 0.4) is 0 Å². The summed E-state index contributed by atoms with van der Waals surface area (Å²) in [6.07, 6.45) is 1.14. The largest absolute Gasteiger partial charge is 0.493 e. The molecule has 0 atom stereocenters. The van der Waals surface area contributed by atoms with E-state index in [1.807, 2.05) is 67.6 Å². The molecule has 4 aromatic rings. The molecule has 0 radical (unpaired) electrons. The summed E-state index contributed by atoms with van der Waals surface area (Å²) in [6.45, 7) is 1.98. The van der Waals surface area contributed by atoms with Crippen molar-refractivity contribution in [3.05, 3.63) is 71.8 Å². The number of imidazole rings is 1. The van der Waals surface area contributed by atoms with E-state index in [1.165, 1.54) is 0 Å². The Bertz CT molecular complexity index is 1170. The van der Waals surface area contributed by atoms with Crippen LogP contribution >= 0.6 is 0 Å². The van der Waals surface area contributed by atoms with Gasteiger partial charge in [-0.05, 0) is 30.5 Å². The molecule has 6 nitrogen and oxygen atoms in total. The zero-order chi connectivity index (χ0) is 21.8. The fourth-order valence-corrected chi connectivity index (χ4v) is 3.49. The van der Waals surface area contributed by atoms with Gasteiger partial charge in [0.05, 0.1) is 25.3 Å². The molecule has 0 bridgehead atoms. The lowest BCUT2D eigenvalue weighted by atomic mass is 10.1. The molecule has 0 unspecified atom stereocenters. The van der Waals surface area contributed by atoms with E-state index in [2.05, 4.69) is 15.3 Å². The summed E-state index contributed by atoms with van der Waals surface area (Å²) in [4.78, 5) is 20.5. The molecule has 1 amide bonds. The lowest BCUT2D eigenvalue weighted by Gasteiger charge is -2.10. The number of hydrogen-bond acceptors (Lipinski definition) is 4. The first-order chi connectivity index (χ1) is 15.1. The Balaban J connectivity index is 1.55. The van der Waals surface area contributed by atoms with Gasteiger partial charge in [0.2, 0.25) is 5.91 Å². The lowest BCUT2D eigenvalue weighted by molar-refractivity contribution is -0.116.